The number of hydrogen-bond acceptors (Lipinski definition) is 5. The van der Waals surface area contributed by atoms with Gasteiger partial charge in [0.2, 0.25) is 0 Å². The lowest BCUT2D eigenvalue weighted by Crippen LogP contribution is -2.49. The first-order valence-corrected chi connectivity index (χ1v) is 5.53. The molecule has 6 heteroatoms. The van der Waals surface area contributed by atoms with E-state index in [0.717, 1.165) is 17.8 Å². The Kier molecular flexibility index (Phi) is 3.26. The van der Waals surface area contributed by atoms with Crippen LogP contribution in [0.1, 0.15) is 11.3 Å². The summed E-state index contributed by atoms with van der Waals surface area (Å²) in [7, 11) is 0. The van der Waals surface area contributed by atoms with Crippen molar-refractivity contribution in [1.82, 2.24) is 14.7 Å². The van der Waals surface area contributed by atoms with Gasteiger partial charge in [-0.15, -0.1) is 0 Å². The van der Waals surface area contributed by atoms with E-state index in [-0.39, 0.29) is 11.9 Å². The highest BCUT2D eigenvalue weighted by Crippen LogP contribution is 2.15. The Morgan fingerprint density at radius 1 is 1.71 bits per heavy atom. The van der Waals surface area contributed by atoms with Crippen molar-refractivity contribution in [1.29, 1.82) is 5.41 Å². The normalized spacial score (nSPS) is 17.5. The third kappa shape index (κ3) is 2.54. The fourth-order valence-electron chi connectivity index (χ4n) is 1.85. The van der Waals surface area contributed by atoms with Crippen molar-refractivity contribution < 1.29 is 5.11 Å². The minimum atomic E-state index is -0.191. The molecule has 0 radical (unpaired) electrons. The van der Waals surface area contributed by atoms with Crippen molar-refractivity contribution in [2.45, 2.75) is 19.6 Å². The summed E-state index contributed by atoms with van der Waals surface area (Å²) in [6.07, 6.45) is 4.46. The molecule has 4 N–H and O–H groups in total. The predicted octanol–water partition coefficient (Wildman–Crippen LogP) is -0.334. The summed E-state index contributed by atoms with van der Waals surface area (Å²) in [6, 6.07) is 0. The molecule has 0 unspecified atom stereocenters. The third-order valence-electron chi connectivity index (χ3n) is 2.83. The molecule has 0 aromatic carbocycles. The Hall–Kier alpha value is -1.66. The molecule has 6 nitrogen and oxygen atoms in total. The SMILES string of the molecule is Cc1nn(C(=N)/C=C\N)cc1CN1CC(O)C1. The predicted molar refractivity (Wildman–Crippen MR) is 64.7 cm³/mol. The number of β-amino-alcohol motifs (C(OH)–C–C–N with tert-alkyl or cyclic N) is 1. The highest BCUT2D eigenvalue weighted by molar-refractivity contribution is 5.91. The number of hydrogen-bond donors (Lipinski definition) is 3. The Bertz CT molecular complexity index is 445. The minimum Gasteiger partial charge on any atom is -0.404 e. The van der Waals surface area contributed by atoms with Crippen molar-refractivity contribution in [3.63, 3.8) is 0 Å². The van der Waals surface area contributed by atoms with Crippen LogP contribution in [0.5, 0.6) is 0 Å². The fourth-order valence-corrected chi connectivity index (χ4v) is 1.85. The van der Waals surface area contributed by atoms with Gasteiger partial charge in [0, 0.05) is 31.4 Å². The van der Waals surface area contributed by atoms with Crippen molar-refractivity contribution in [3.8, 4) is 0 Å². The standard InChI is InChI=1S/C11H17N5O/c1-8-9(4-15-6-10(17)7-15)5-16(14-8)11(13)2-3-12/h2-3,5,10,13,17H,4,6-7,12H2,1H3/b3-2-,13-11?. The van der Waals surface area contributed by atoms with E-state index in [4.69, 9.17) is 11.1 Å². The zero-order valence-electron chi connectivity index (χ0n) is 9.80. The molecule has 92 valence electrons. The Labute approximate surface area is 99.8 Å². The maximum absolute atomic E-state index is 9.21. The zero-order chi connectivity index (χ0) is 12.4. The van der Waals surface area contributed by atoms with Crippen LogP contribution in [0.4, 0.5) is 0 Å². The monoisotopic (exact) mass is 235 g/mol. The van der Waals surface area contributed by atoms with E-state index in [2.05, 4.69) is 10.00 Å². The van der Waals surface area contributed by atoms with Gasteiger partial charge in [-0.2, -0.15) is 5.10 Å². The summed E-state index contributed by atoms with van der Waals surface area (Å²) in [6.45, 7) is 4.11. The van der Waals surface area contributed by atoms with Crippen LogP contribution in [0.25, 0.3) is 0 Å². The number of aryl methyl sites for hydroxylation is 1. The topological polar surface area (TPSA) is 91.2 Å². The largest absolute Gasteiger partial charge is 0.404 e. The van der Waals surface area contributed by atoms with Gasteiger partial charge >= 0.3 is 0 Å². The van der Waals surface area contributed by atoms with E-state index in [9.17, 15) is 5.11 Å². The fraction of sp³-hybridized carbons (Fsp3) is 0.455. The Balaban J connectivity index is 2.05. The summed E-state index contributed by atoms with van der Waals surface area (Å²) < 4.78 is 1.50. The second-order valence-corrected chi connectivity index (χ2v) is 4.28. The molecule has 1 aromatic heterocycles. The van der Waals surface area contributed by atoms with Crippen molar-refractivity contribution in [2.75, 3.05) is 13.1 Å². The number of nitrogens with two attached hydrogens (primary N) is 1. The molecule has 0 spiro atoms. The first-order valence-electron chi connectivity index (χ1n) is 5.53. The molecular weight excluding hydrogens is 218 g/mol. The molecule has 1 aliphatic heterocycles. The molecule has 0 atom stereocenters. The number of allylic oxidation sites excluding steroid dienone is 1. The van der Waals surface area contributed by atoms with Gasteiger partial charge in [0.05, 0.1) is 11.8 Å². The quantitative estimate of drug-likeness (QED) is 0.494. The van der Waals surface area contributed by atoms with Crippen LogP contribution in [0.15, 0.2) is 18.5 Å². The van der Waals surface area contributed by atoms with E-state index in [1.807, 2.05) is 13.1 Å². The van der Waals surface area contributed by atoms with Crippen LogP contribution in [0.2, 0.25) is 0 Å². The molecule has 2 rings (SSSR count). The van der Waals surface area contributed by atoms with Crippen LogP contribution in [-0.2, 0) is 6.54 Å². The summed E-state index contributed by atoms with van der Waals surface area (Å²) in [5, 5.41) is 21.2. The maximum Gasteiger partial charge on any atom is 0.147 e. The molecule has 0 saturated carbocycles. The average molecular weight is 235 g/mol. The van der Waals surface area contributed by atoms with Crippen LogP contribution in [-0.4, -0.2) is 44.8 Å². The Morgan fingerprint density at radius 3 is 3.00 bits per heavy atom. The smallest absolute Gasteiger partial charge is 0.147 e. The second-order valence-electron chi connectivity index (χ2n) is 4.28. The number of aliphatic hydroxyl groups excluding tert-OH is 1. The van der Waals surface area contributed by atoms with Crippen molar-refractivity contribution in [2.24, 2.45) is 5.73 Å². The average Bonchev–Trinajstić information content (AvgIpc) is 2.59. The highest BCUT2D eigenvalue weighted by Gasteiger charge is 2.25. The molecule has 1 aliphatic rings. The molecule has 0 bridgehead atoms. The van der Waals surface area contributed by atoms with Gasteiger partial charge in [-0.25, -0.2) is 4.68 Å². The van der Waals surface area contributed by atoms with Gasteiger partial charge in [0.25, 0.3) is 0 Å². The lowest BCUT2D eigenvalue weighted by Gasteiger charge is -2.35. The molecule has 17 heavy (non-hydrogen) atoms. The molecule has 0 aliphatic carbocycles. The number of aromatic nitrogens is 2. The highest BCUT2D eigenvalue weighted by atomic mass is 16.3. The van der Waals surface area contributed by atoms with Crippen LogP contribution in [0, 0.1) is 12.3 Å². The second kappa shape index (κ2) is 4.68. The summed E-state index contributed by atoms with van der Waals surface area (Å²) >= 11 is 0. The van der Waals surface area contributed by atoms with Gasteiger partial charge in [-0.1, -0.05) is 0 Å². The summed E-state index contributed by atoms with van der Waals surface area (Å²) in [5.74, 6) is 0.241. The van der Waals surface area contributed by atoms with Crippen LogP contribution in [0.3, 0.4) is 0 Å². The molecule has 1 saturated heterocycles. The van der Waals surface area contributed by atoms with Crippen molar-refractivity contribution >= 4 is 5.84 Å². The van der Waals surface area contributed by atoms with Gasteiger partial charge in [-0.3, -0.25) is 10.3 Å². The van der Waals surface area contributed by atoms with Gasteiger partial charge in [0.1, 0.15) is 5.84 Å². The number of aliphatic hydroxyl groups is 1. The number of rotatable bonds is 3. The van der Waals surface area contributed by atoms with E-state index in [1.54, 1.807) is 0 Å². The molecular formula is C11H17N5O. The first kappa shape index (κ1) is 11.8. The van der Waals surface area contributed by atoms with E-state index in [0.29, 0.717) is 13.1 Å². The zero-order valence-corrected chi connectivity index (χ0v) is 9.80. The Morgan fingerprint density at radius 2 is 2.41 bits per heavy atom. The number of nitrogens with one attached hydrogen (secondary N) is 1. The van der Waals surface area contributed by atoms with E-state index < -0.39 is 0 Å². The lowest BCUT2D eigenvalue weighted by molar-refractivity contribution is -0.00297. The first-order chi connectivity index (χ1) is 8.10. The van der Waals surface area contributed by atoms with E-state index >= 15 is 0 Å². The van der Waals surface area contributed by atoms with Crippen LogP contribution < -0.4 is 5.73 Å². The van der Waals surface area contributed by atoms with Crippen molar-refractivity contribution in [3.05, 3.63) is 29.7 Å². The molecule has 2 heterocycles. The minimum absolute atomic E-state index is 0.191. The maximum atomic E-state index is 9.21. The number of nitrogens with zero attached hydrogens (tertiary/aromatic N) is 3. The molecule has 1 aromatic rings. The number of likely N-dealkylation sites (tertiary alicyclic amines) is 1. The molecule has 1 fully saturated rings. The van der Waals surface area contributed by atoms with E-state index in [1.165, 1.54) is 17.0 Å². The van der Waals surface area contributed by atoms with Crippen LogP contribution >= 0.6 is 0 Å². The molecule has 0 amide bonds. The summed E-state index contributed by atoms with van der Waals surface area (Å²) in [5.41, 5.74) is 7.22. The lowest BCUT2D eigenvalue weighted by atomic mass is 10.1. The van der Waals surface area contributed by atoms with Gasteiger partial charge in [0.15, 0.2) is 0 Å². The van der Waals surface area contributed by atoms with Gasteiger partial charge < -0.3 is 10.8 Å². The third-order valence-corrected chi connectivity index (χ3v) is 2.83. The van der Waals surface area contributed by atoms with Gasteiger partial charge in [-0.05, 0) is 19.2 Å². The summed E-state index contributed by atoms with van der Waals surface area (Å²) in [4.78, 5) is 2.14.